The maximum atomic E-state index is 6.22. The number of aryl methyl sites for hydroxylation is 3. The summed E-state index contributed by atoms with van der Waals surface area (Å²) in [6.45, 7) is 2.40. The van der Waals surface area contributed by atoms with E-state index in [9.17, 15) is 0 Å². The highest BCUT2D eigenvalue weighted by Gasteiger charge is 2.21. The van der Waals surface area contributed by atoms with Crippen LogP contribution in [0.25, 0.3) is 0 Å². The van der Waals surface area contributed by atoms with Gasteiger partial charge >= 0.3 is 0 Å². The highest BCUT2D eigenvalue weighted by Crippen LogP contribution is 2.33. The van der Waals surface area contributed by atoms with Gasteiger partial charge in [0, 0.05) is 18.7 Å². The zero-order valence-electron chi connectivity index (χ0n) is 12.6. The summed E-state index contributed by atoms with van der Waals surface area (Å²) in [5.41, 5.74) is 4.63. The first-order valence-corrected chi connectivity index (χ1v) is 7.58. The molecule has 1 heterocycles. The van der Waals surface area contributed by atoms with Crippen molar-refractivity contribution in [2.24, 2.45) is 7.05 Å². The first kappa shape index (κ1) is 14.4. The van der Waals surface area contributed by atoms with Crippen LogP contribution in [-0.2, 0) is 20.1 Å². The molecule has 0 aliphatic heterocycles. The molecule has 0 radical (unpaired) electrons. The third-order valence-electron chi connectivity index (χ3n) is 4.19. The van der Waals surface area contributed by atoms with Crippen molar-refractivity contribution in [1.82, 2.24) is 15.1 Å². The minimum Gasteiger partial charge on any atom is -0.489 e. The molecule has 1 atom stereocenters. The SMILES string of the molecule is CNC1CCc2cc(OCc3c(C)nn(C)c3Cl)ccc21. The van der Waals surface area contributed by atoms with Crippen LogP contribution in [0, 0.1) is 6.92 Å². The highest BCUT2D eigenvalue weighted by molar-refractivity contribution is 6.30. The third-order valence-corrected chi connectivity index (χ3v) is 4.67. The molecule has 0 amide bonds. The zero-order valence-corrected chi connectivity index (χ0v) is 13.4. The standard InChI is InChI=1S/C16H20ClN3O/c1-10-14(16(17)20(3)19-10)9-21-12-5-6-13-11(8-12)4-7-15(13)18-2/h5-6,8,15,18H,4,7,9H2,1-3H3. The Balaban J connectivity index is 1.75. The molecule has 0 spiro atoms. The molecule has 0 saturated heterocycles. The fraction of sp³-hybridized carbons (Fsp3) is 0.438. The van der Waals surface area contributed by atoms with Gasteiger partial charge in [-0.1, -0.05) is 17.7 Å². The monoisotopic (exact) mass is 305 g/mol. The van der Waals surface area contributed by atoms with Crippen LogP contribution >= 0.6 is 11.6 Å². The highest BCUT2D eigenvalue weighted by atomic mass is 35.5. The molecular formula is C16H20ClN3O. The second-order valence-electron chi connectivity index (χ2n) is 5.51. The van der Waals surface area contributed by atoms with Crippen LogP contribution in [0.3, 0.4) is 0 Å². The predicted octanol–water partition coefficient (Wildman–Crippen LogP) is 3.17. The van der Waals surface area contributed by atoms with E-state index in [1.807, 2.05) is 27.1 Å². The number of nitrogens with zero attached hydrogens (tertiary/aromatic N) is 2. The van der Waals surface area contributed by atoms with Crippen LogP contribution in [0.4, 0.5) is 0 Å². The minimum absolute atomic E-state index is 0.451. The van der Waals surface area contributed by atoms with Crippen molar-refractivity contribution in [1.29, 1.82) is 0 Å². The summed E-state index contributed by atoms with van der Waals surface area (Å²) in [5.74, 6) is 0.893. The van der Waals surface area contributed by atoms with Gasteiger partial charge in [-0.2, -0.15) is 5.10 Å². The molecule has 5 heteroatoms. The van der Waals surface area contributed by atoms with Gasteiger partial charge in [-0.15, -0.1) is 0 Å². The fourth-order valence-electron chi connectivity index (χ4n) is 2.98. The summed E-state index contributed by atoms with van der Waals surface area (Å²) in [6.07, 6.45) is 2.26. The van der Waals surface area contributed by atoms with Crippen molar-refractivity contribution in [2.75, 3.05) is 7.05 Å². The molecule has 1 aromatic heterocycles. The molecular weight excluding hydrogens is 286 g/mol. The van der Waals surface area contributed by atoms with Crippen LogP contribution in [0.1, 0.15) is 34.8 Å². The number of rotatable bonds is 4. The van der Waals surface area contributed by atoms with Gasteiger partial charge in [-0.25, -0.2) is 0 Å². The van der Waals surface area contributed by atoms with Crippen LogP contribution in [0.15, 0.2) is 18.2 Å². The van der Waals surface area contributed by atoms with Gasteiger partial charge in [-0.3, -0.25) is 4.68 Å². The second-order valence-corrected chi connectivity index (χ2v) is 5.87. The molecule has 1 aromatic carbocycles. The Morgan fingerprint density at radius 1 is 1.48 bits per heavy atom. The van der Waals surface area contributed by atoms with Gasteiger partial charge in [-0.05, 0) is 50.1 Å². The molecule has 1 unspecified atom stereocenters. The van der Waals surface area contributed by atoms with E-state index in [0.29, 0.717) is 17.8 Å². The Morgan fingerprint density at radius 3 is 2.95 bits per heavy atom. The molecule has 0 bridgehead atoms. The quantitative estimate of drug-likeness (QED) is 0.943. The molecule has 0 fully saturated rings. The summed E-state index contributed by atoms with van der Waals surface area (Å²) in [6, 6.07) is 6.82. The molecule has 1 N–H and O–H groups in total. The Hall–Kier alpha value is -1.52. The summed E-state index contributed by atoms with van der Waals surface area (Å²) < 4.78 is 7.58. The van der Waals surface area contributed by atoms with E-state index < -0.39 is 0 Å². The Morgan fingerprint density at radius 2 is 2.29 bits per heavy atom. The Labute approximate surface area is 130 Å². The van der Waals surface area contributed by atoms with Gasteiger partial charge in [0.2, 0.25) is 0 Å². The first-order chi connectivity index (χ1) is 10.1. The third kappa shape index (κ3) is 2.65. The summed E-state index contributed by atoms with van der Waals surface area (Å²) in [7, 11) is 3.85. The van der Waals surface area contributed by atoms with E-state index in [0.717, 1.165) is 29.8 Å². The summed E-state index contributed by atoms with van der Waals surface area (Å²) in [4.78, 5) is 0. The van der Waals surface area contributed by atoms with E-state index in [4.69, 9.17) is 16.3 Å². The van der Waals surface area contributed by atoms with E-state index in [1.54, 1.807) is 4.68 Å². The van der Waals surface area contributed by atoms with Gasteiger partial charge < -0.3 is 10.1 Å². The fourth-order valence-corrected chi connectivity index (χ4v) is 3.21. The van der Waals surface area contributed by atoms with Crippen molar-refractivity contribution in [3.05, 3.63) is 45.7 Å². The molecule has 1 aliphatic carbocycles. The smallest absolute Gasteiger partial charge is 0.133 e. The second kappa shape index (κ2) is 5.70. The van der Waals surface area contributed by atoms with Gasteiger partial charge in [0.05, 0.1) is 5.69 Å². The van der Waals surface area contributed by atoms with E-state index in [1.165, 1.54) is 11.1 Å². The zero-order chi connectivity index (χ0) is 15.0. The van der Waals surface area contributed by atoms with Crippen molar-refractivity contribution in [2.45, 2.75) is 32.4 Å². The van der Waals surface area contributed by atoms with Crippen LogP contribution in [-0.4, -0.2) is 16.8 Å². The number of fused-ring (bicyclic) bond motifs is 1. The number of halogens is 1. The lowest BCUT2D eigenvalue weighted by Crippen LogP contribution is -2.12. The average molecular weight is 306 g/mol. The van der Waals surface area contributed by atoms with E-state index >= 15 is 0 Å². The lowest BCUT2D eigenvalue weighted by Gasteiger charge is -2.11. The van der Waals surface area contributed by atoms with Gasteiger partial charge in [0.25, 0.3) is 0 Å². The minimum atomic E-state index is 0.451. The Kier molecular flexibility index (Phi) is 3.91. The van der Waals surface area contributed by atoms with Crippen molar-refractivity contribution in [3.63, 3.8) is 0 Å². The van der Waals surface area contributed by atoms with Crippen molar-refractivity contribution < 1.29 is 4.74 Å². The number of nitrogens with one attached hydrogen (secondary N) is 1. The first-order valence-electron chi connectivity index (χ1n) is 7.21. The van der Waals surface area contributed by atoms with Gasteiger partial charge in [0.1, 0.15) is 17.5 Å². The molecule has 2 aromatic rings. The lowest BCUT2D eigenvalue weighted by molar-refractivity contribution is 0.305. The maximum absolute atomic E-state index is 6.22. The molecule has 1 aliphatic rings. The Bertz CT molecular complexity index is 666. The number of aromatic nitrogens is 2. The normalized spacial score (nSPS) is 17.0. The summed E-state index contributed by atoms with van der Waals surface area (Å²) in [5, 5.41) is 8.29. The summed E-state index contributed by atoms with van der Waals surface area (Å²) >= 11 is 6.22. The predicted molar refractivity (Wildman–Crippen MR) is 83.9 cm³/mol. The lowest BCUT2D eigenvalue weighted by atomic mass is 10.1. The van der Waals surface area contributed by atoms with E-state index in [2.05, 4.69) is 22.5 Å². The van der Waals surface area contributed by atoms with Crippen LogP contribution < -0.4 is 10.1 Å². The number of benzene rings is 1. The van der Waals surface area contributed by atoms with Crippen molar-refractivity contribution in [3.8, 4) is 5.75 Å². The van der Waals surface area contributed by atoms with Crippen LogP contribution in [0.5, 0.6) is 5.75 Å². The average Bonchev–Trinajstić information content (AvgIpc) is 2.98. The molecule has 0 saturated carbocycles. The molecule has 112 valence electrons. The topological polar surface area (TPSA) is 39.1 Å². The number of hydrogen-bond donors (Lipinski definition) is 1. The molecule has 3 rings (SSSR count). The number of ether oxygens (including phenoxy) is 1. The molecule has 21 heavy (non-hydrogen) atoms. The van der Waals surface area contributed by atoms with E-state index in [-0.39, 0.29) is 0 Å². The largest absolute Gasteiger partial charge is 0.489 e. The van der Waals surface area contributed by atoms with Crippen LogP contribution in [0.2, 0.25) is 5.15 Å². The van der Waals surface area contributed by atoms with Gasteiger partial charge in [0.15, 0.2) is 0 Å². The molecule has 4 nitrogen and oxygen atoms in total. The number of hydrogen-bond acceptors (Lipinski definition) is 3. The van der Waals surface area contributed by atoms with Crippen molar-refractivity contribution >= 4 is 11.6 Å². The maximum Gasteiger partial charge on any atom is 0.133 e.